The number of ether oxygens (including phenoxy) is 1. The molecule has 19 heavy (non-hydrogen) atoms. The Morgan fingerprint density at radius 2 is 2.16 bits per heavy atom. The molecule has 2 nitrogen and oxygen atoms in total. The highest BCUT2D eigenvalue weighted by Crippen LogP contribution is 2.43. The number of fused-ring (bicyclic) bond motifs is 1. The fourth-order valence-corrected chi connectivity index (χ4v) is 3.38. The van der Waals surface area contributed by atoms with Crippen LogP contribution in [0.1, 0.15) is 53.4 Å². The zero-order chi connectivity index (χ0) is 14.0. The van der Waals surface area contributed by atoms with Gasteiger partial charge in [0, 0.05) is 5.92 Å². The van der Waals surface area contributed by atoms with Crippen molar-refractivity contribution in [3.63, 3.8) is 0 Å². The molecule has 0 amide bonds. The lowest BCUT2D eigenvalue weighted by molar-refractivity contribution is -0.163. The molecule has 1 saturated heterocycles. The standard InChI is InChI=1S/C17H28O2/c1-12-7-8-15-9-11-17(4,10-5-6-13(2)18)19-16(15)14(12)3/h6-8,12,14-16,18H,5,9-11H2,1-4H3/b13-6+. The third-order valence-electron chi connectivity index (χ3n) is 4.97. The van der Waals surface area contributed by atoms with Gasteiger partial charge in [-0.05, 0) is 57.4 Å². The molecule has 2 aliphatic rings. The van der Waals surface area contributed by atoms with Gasteiger partial charge >= 0.3 is 0 Å². The highest BCUT2D eigenvalue weighted by molar-refractivity contribution is 5.07. The SMILES string of the molecule is C/C(O)=C\CCC1(C)CCC2C=CC(C)C(C)C2O1. The van der Waals surface area contributed by atoms with Crippen molar-refractivity contribution in [1.82, 2.24) is 0 Å². The van der Waals surface area contributed by atoms with Crippen LogP contribution in [0.4, 0.5) is 0 Å². The maximum absolute atomic E-state index is 9.24. The van der Waals surface area contributed by atoms with E-state index in [-0.39, 0.29) is 5.60 Å². The molecule has 0 radical (unpaired) electrons. The largest absolute Gasteiger partial charge is 0.513 e. The lowest BCUT2D eigenvalue weighted by Crippen LogP contribution is -2.47. The highest BCUT2D eigenvalue weighted by Gasteiger charge is 2.42. The molecule has 1 heterocycles. The molecular weight excluding hydrogens is 236 g/mol. The van der Waals surface area contributed by atoms with Crippen LogP contribution in [-0.4, -0.2) is 16.8 Å². The summed E-state index contributed by atoms with van der Waals surface area (Å²) in [6, 6.07) is 0. The smallest absolute Gasteiger partial charge is 0.0852 e. The molecule has 5 unspecified atom stereocenters. The summed E-state index contributed by atoms with van der Waals surface area (Å²) in [6.07, 6.45) is 11.2. The molecule has 1 aliphatic carbocycles. The minimum absolute atomic E-state index is 0.0216. The first kappa shape index (κ1) is 14.6. The molecule has 0 spiro atoms. The molecule has 5 atom stereocenters. The van der Waals surface area contributed by atoms with Gasteiger partial charge in [0.25, 0.3) is 0 Å². The average molecular weight is 264 g/mol. The first-order chi connectivity index (χ1) is 8.91. The molecule has 0 saturated carbocycles. The van der Waals surface area contributed by atoms with Crippen LogP contribution < -0.4 is 0 Å². The Morgan fingerprint density at radius 1 is 1.42 bits per heavy atom. The Hall–Kier alpha value is -0.760. The predicted molar refractivity (Wildman–Crippen MR) is 79.1 cm³/mol. The van der Waals surface area contributed by atoms with E-state index >= 15 is 0 Å². The third-order valence-corrected chi connectivity index (χ3v) is 4.97. The van der Waals surface area contributed by atoms with E-state index in [0.717, 1.165) is 19.3 Å². The monoisotopic (exact) mass is 264 g/mol. The van der Waals surface area contributed by atoms with E-state index in [9.17, 15) is 5.11 Å². The van der Waals surface area contributed by atoms with Gasteiger partial charge in [0.2, 0.25) is 0 Å². The summed E-state index contributed by atoms with van der Waals surface area (Å²) >= 11 is 0. The van der Waals surface area contributed by atoms with Gasteiger partial charge in [-0.1, -0.05) is 26.0 Å². The van der Waals surface area contributed by atoms with E-state index in [2.05, 4.69) is 32.9 Å². The Kier molecular flexibility index (Phi) is 4.39. The van der Waals surface area contributed by atoms with Crippen LogP contribution in [0.15, 0.2) is 24.0 Å². The van der Waals surface area contributed by atoms with E-state index in [1.165, 1.54) is 6.42 Å². The summed E-state index contributed by atoms with van der Waals surface area (Å²) in [4.78, 5) is 0. The molecule has 0 aromatic rings. The number of aliphatic hydroxyl groups excluding tert-OH is 1. The predicted octanol–water partition coefficient (Wildman–Crippen LogP) is 4.62. The van der Waals surface area contributed by atoms with Gasteiger partial charge in [0.1, 0.15) is 0 Å². The molecule has 108 valence electrons. The van der Waals surface area contributed by atoms with Crippen LogP contribution in [0.5, 0.6) is 0 Å². The van der Waals surface area contributed by atoms with Gasteiger partial charge in [-0.25, -0.2) is 0 Å². The maximum atomic E-state index is 9.24. The van der Waals surface area contributed by atoms with Gasteiger partial charge in [-0.15, -0.1) is 0 Å². The average Bonchev–Trinajstić information content (AvgIpc) is 2.34. The van der Waals surface area contributed by atoms with E-state index < -0.39 is 0 Å². The first-order valence-corrected chi connectivity index (χ1v) is 7.63. The van der Waals surface area contributed by atoms with Crippen molar-refractivity contribution in [2.75, 3.05) is 0 Å². The maximum Gasteiger partial charge on any atom is 0.0852 e. The van der Waals surface area contributed by atoms with Crippen molar-refractivity contribution in [2.45, 2.75) is 65.1 Å². The quantitative estimate of drug-likeness (QED) is 0.595. The van der Waals surface area contributed by atoms with Gasteiger partial charge in [0.15, 0.2) is 0 Å². The minimum atomic E-state index is -0.0216. The van der Waals surface area contributed by atoms with Crippen molar-refractivity contribution in [3.8, 4) is 0 Å². The number of hydrogen-bond donors (Lipinski definition) is 1. The molecule has 2 rings (SSSR count). The van der Waals surface area contributed by atoms with Crippen molar-refractivity contribution >= 4 is 0 Å². The molecule has 1 aliphatic heterocycles. The van der Waals surface area contributed by atoms with Crippen LogP contribution in [0, 0.1) is 17.8 Å². The second kappa shape index (κ2) is 5.70. The van der Waals surface area contributed by atoms with Gasteiger partial charge in [-0.3, -0.25) is 0 Å². The van der Waals surface area contributed by atoms with Crippen LogP contribution in [0.2, 0.25) is 0 Å². The summed E-state index contributed by atoms with van der Waals surface area (Å²) in [5, 5.41) is 9.24. The van der Waals surface area contributed by atoms with Gasteiger partial charge in [0.05, 0.1) is 17.5 Å². The molecule has 0 aromatic carbocycles. The van der Waals surface area contributed by atoms with Crippen molar-refractivity contribution in [3.05, 3.63) is 24.0 Å². The first-order valence-electron chi connectivity index (χ1n) is 7.63. The van der Waals surface area contributed by atoms with Crippen molar-refractivity contribution < 1.29 is 9.84 Å². The summed E-state index contributed by atoms with van der Waals surface area (Å²) < 4.78 is 6.48. The van der Waals surface area contributed by atoms with E-state index in [0.29, 0.717) is 29.6 Å². The Bertz CT molecular complexity index is 367. The molecule has 2 heteroatoms. The normalized spacial score (nSPS) is 43.1. The fourth-order valence-electron chi connectivity index (χ4n) is 3.38. The number of aliphatic hydroxyl groups is 1. The van der Waals surface area contributed by atoms with Crippen LogP contribution in [-0.2, 0) is 4.74 Å². The minimum Gasteiger partial charge on any atom is -0.513 e. The van der Waals surface area contributed by atoms with Gasteiger partial charge < -0.3 is 9.84 Å². The Morgan fingerprint density at radius 3 is 2.84 bits per heavy atom. The second-order valence-corrected chi connectivity index (χ2v) is 6.72. The Balaban J connectivity index is 1.99. The Labute approximate surface area is 117 Å². The summed E-state index contributed by atoms with van der Waals surface area (Å²) in [6.45, 7) is 8.56. The number of hydrogen-bond acceptors (Lipinski definition) is 2. The van der Waals surface area contributed by atoms with E-state index in [4.69, 9.17) is 4.74 Å². The topological polar surface area (TPSA) is 29.5 Å². The molecular formula is C17H28O2. The summed E-state index contributed by atoms with van der Waals surface area (Å²) in [5.74, 6) is 2.24. The lowest BCUT2D eigenvalue weighted by Gasteiger charge is -2.47. The van der Waals surface area contributed by atoms with E-state index in [1.54, 1.807) is 6.92 Å². The summed E-state index contributed by atoms with van der Waals surface area (Å²) in [7, 11) is 0. The fraction of sp³-hybridized carbons (Fsp3) is 0.765. The molecule has 1 fully saturated rings. The highest BCUT2D eigenvalue weighted by atomic mass is 16.5. The number of allylic oxidation sites excluding steroid dienone is 3. The van der Waals surface area contributed by atoms with E-state index in [1.807, 2.05) is 6.08 Å². The third kappa shape index (κ3) is 3.42. The second-order valence-electron chi connectivity index (χ2n) is 6.72. The lowest BCUT2D eigenvalue weighted by atomic mass is 9.73. The molecule has 0 bridgehead atoms. The van der Waals surface area contributed by atoms with Gasteiger partial charge in [-0.2, -0.15) is 0 Å². The molecule has 0 aromatic heterocycles. The van der Waals surface area contributed by atoms with Crippen LogP contribution in [0.3, 0.4) is 0 Å². The van der Waals surface area contributed by atoms with Crippen molar-refractivity contribution in [2.24, 2.45) is 17.8 Å². The van der Waals surface area contributed by atoms with Crippen LogP contribution >= 0.6 is 0 Å². The van der Waals surface area contributed by atoms with Crippen LogP contribution in [0.25, 0.3) is 0 Å². The number of rotatable bonds is 3. The summed E-state index contributed by atoms with van der Waals surface area (Å²) in [5.41, 5.74) is -0.0216. The van der Waals surface area contributed by atoms with Crippen molar-refractivity contribution in [1.29, 1.82) is 0 Å². The zero-order valence-corrected chi connectivity index (χ0v) is 12.7. The zero-order valence-electron chi connectivity index (χ0n) is 12.7. The molecule has 1 N–H and O–H groups in total.